The molecule has 0 radical (unpaired) electrons. The first-order chi connectivity index (χ1) is 12.2. The molecule has 0 amide bonds. The molecule has 25 heavy (non-hydrogen) atoms. The van der Waals surface area contributed by atoms with Crippen LogP contribution < -0.4 is 14.8 Å². The van der Waals surface area contributed by atoms with E-state index in [1.165, 1.54) is 0 Å². The third-order valence-electron chi connectivity index (χ3n) is 4.06. The molecule has 0 saturated heterocycles. The van der Waals surface area contributed by atoms with Gasteiger partial charge in [0.15, 0.2) is 11.5 Å². The van der Waals surface area contributed by atoms with Crippen LogP contribution in [0.25, 0.3) is 0 Å². The van der Waals surface area contributed by atoms with Gasteiger partial charge in [0.2, 0.25) is 0 Å². The van der Waals surface area contributed by atoms with Crippen molar-refractivity contribution in [2.24, 2.45) is 0 Å². The van der Waals surface area contributed by atoms with Crippen LogP contribution in [0.5, 0.6) is 11.5 Å². The van der Waals surface area contributed by atoms with Crippen LogP contribution in [-0.2, 0) is 17.8 Å². The maximum atomic E-state index is 11.6. The molecule has 0 bridgehead atoms. The second kappa shape index (κ2) is 8.27. The van der Waals surface area contributed by atoms with Crippen molar-refractivity contribution in [3.05, 3.63) is 53.6 Å². The number of hydrogen-bond acceptors (Lipinski definition) is 5. The summed E-state index contributed by atoms with van der Waals surface area (Å²) in [5, 5.41) is 12.7. The van der Waals surface area contributed by atoms with Gasteiger partial charge in [0.1, 0.15) is 19.3 Å². The zero-order valence-corrected chi connectivity index (χ0v) is 14.8. The molecule has 2 N–H and O–H groups in total. The fourth-order valence-corrected chi connectivity index (χ4v) is 3.39. The zero-order chi connectivity index (χ0) is 17.6. The summed E-state index contributed by atoms with van der Waals surface area (Å²) in [6.07, 6.45) is 2.43. The quantitative estimate of drug-likeness (QED) is 0.741. The summed E-state index contributed by atoms with van der Waals surface area (Å²) in [7, 11) is 0. The SMILES string of the molecule is CSc1cc2c(cc1CN[C@@H](Cc1ccccc1)C(=O)O)OCCO2. The number of carboxylic acid groups (broad SMARTS) is 1. The van der Waals surface area contributed by atoms with Gasteiger partial charge in [-0.05, 0) is 35.9 Å². The lowest BCUT2D eigenvalue weighted by atomic mass is 10.1. The average Bonchev–Trinajstić information content (AvgIpc) is 2.64. The van der Waals surface area contributed by atoms with Crippen LogP contribution in [0.15, 0.2) is 47.4 Å². The highest BCUT2D eigenvalue weighted by molar-refractivity contribution is 7.98. The first-order valence-corrected chi connectivity index (χ1v) is 9.36. The number of carboxylic acids is 1. The van der Waals surface area contributed by atoms with Gasteiger partial charge in [-0.25, -0.2) is 0 Å². The number of rotatable bonds is 7. The molecule has 0 fully saturated rings. The predicted octanol–water partition coefficient (Wildman–Crippen LogP) is 2.97. The van der Waals surface area contributed by atoms with Crippen molar-refractivity contribution < 1.29 is 19.4 Å². The van der Waals surface area contributed by atoms with Crippen LogP contribution in [0.3, 0.4) is 0 Å². The molecule has 1 aliphatic rings. The maximum Gasteiger partial charge on any atom is 0.321 e. The molecule has 2 aromatic rings. The Labute approximate surface area is 151 Å². The smallest absolute Gasteiger partial charge is 0.321 e. The fourth-order valence-electron chi connectivity index (χ4n) is 2.77. The van der Waals surface area contributed by atoms with E-state index < -0.39 is 12.0 Å². The van der Waals surface area contributed by atoms with Gasteiger partial charge in [0.05, 0.1) is 0 Å². The van der Waals surface area contributed by atoms with Gasteiger partial charge in [0.25, 0.3) is 0 Å². The summed E-state index contributed by atoms with van der Waals surface area (Å²) < 4.78 is 11.2. The second-order valence-corrected chi connectivity index (χ2v) is 6.62. The number of fused-ring (bicyclic) bond motifs is 1. The number of hydrogen-bond donors (Lipinski definition) is 2. The average molecular weight is 359 g/mol. The number of aliphatic carboxylic acids is 1. The first kappa shape index (κ1) is 17.6. The molecule has 1 aliphatic heterocycles. The highest BCUT2D eigenvalue weighted by Gasteiger charge is 2.20. The molecule has 1 atom stereocenters. The normalized spacial score (nSPS) is 14.1. The Morgan fingerprint density at radius 2 is 1.88 bits per heavy atom. The molecule has 6 heteroatoms. The van der Waals surface area contributed by atoms with E-state index in [4.69, 9.17) is 9.47 Å². The van der Waals surface area contributed by atoms with Crippen LogP contribution in [0.1, 0.15) is 11.1 Å². The summed E-state index contributed by atoms with van der Waals surface area (Å²) in [5.74, 6) is 0.612. The molecule has 2 aromatic carbocycles. The van der Waals surface area contributed by atoms with E-state index in [-0.39, 0.29) is 0 Å². The van der Waals surface area contributed by atoms with Gasteiger partial charge in [-0.15, -0.1) is 11.8 Å². The molecule has 132 valence electrons. The third-order valence-corrected chi connectivity index (χ3v) is 4.88. The highest BCUT2D eigenvalue weighted by atomic mass is 32.2. The molecule has 0 unspecified atom stereocenters. The van der Waals surface area contributed by atoms with Gasteiger partial charge in [-0.3, -0.25) is 10.1 Å². The van der Waals surface area contributed by atoms with E-state index in [2.05, 4.69) is 5.32 Å². The molecule has 0 aliphatic carbocycles. The van der Waals surface area contributed by atoms with E-state index >= 15 is 0 Å². The maximum absolute atomic E-state index is 11.6. The largest absolute Gasteiger partial charge is 0.486 e. The van der Waals surface area contributed by atoms with Crippen molar-refractivity contribution in [2.45, 2.75) is 23.9 Å². The van der Waals surface area contributed by atoms with Gasteiger partial charge in [0, 0.05) is 11.4 Å². The van der Waals surface area contributed by atoms with E-state index in [1.807, 2.05) is 48.7 Å². The van der Waals surface area contributed by atoms with E-state index in [0.29, 0.717) is 26.2 Å². The van der Waals surface area contributed by atoms with E-state index in [0.717, 1.165) is 27.5 Å². The molecule has 1 heterocycles. The summed E-state index contributed by atoms with van der Waals surface area (Å²) in [4.78, 5) is 12.7. The van der Waals surface area contributed by atoms with Crippen molar-refractivity contribution in [2.75, 3.05) is 19.5 Å². The summed E-state index contributed by atoms with van der Waals surface area (Å²) in [6, 6.07) is 12.9. The first-order valence-electron chi connectivity index (χ1n) is 8.14. The molecular weight excluding hydrogens is 338 g/mol. The monoisotopic (exact) mass is 359 g/mol. The molecule has 0 aromatic heterocycles. The van der Waals surface area contributed by atoms with Crippen LogP contribution in [0.2, 0.25) is 0 Å². The van der Waals surface area contributed by atoms with Crippen LogP contribution in [0.4, 0.5) is 0 Å². The number of thioether (sulfide) groups is 1. The molecule has 5 nitrogen and oxygen atoms in total. The van der Waals surface area contributed by atoms with Crippen molar-refractivity contribution in [1.29, 1.82) is 0 Å². The Kier molecular flexibility index (Phi) is 5.83. The topological polar surface area (TPSA) is 67.8 Å². The standard InChI is InChI=1S/C19H21NO4S/c1-25-18-11-17-16(23-7-8-24-17)10-14(18)12-20-15(19(21)22)9-13-5-3-2-4-6-13/h2-6,10-11,15,20H,7-9,12H2,1H3,(H,21,22)/t15-/m0/s1. The number of benzene rings is 2. The van der Waals surface area contributed by atoms with Crippen molar-refractivity contribution in [3.63, 3.8) is 0 Å². The lowest BCUT2D eigenvalue weighted by Crippen LogP contribution is -2.38. The van der Waals surface area contributed by atoms with Crippen molar-refractivity contribution >= 4 is 17.7 Å². The van der Waals surface area contributed by atoms with Gasteiger partial charge in [-0.2, -0.15) is 0 Å². The summed E-state index contributed by atoms with van der Waals surface area (Å²) in [5.41, 5.74) is 2.01. The minimum Gasteiger partial charge on any atom is -0.486 e. The number of nitrogens with one attached hydrogen (secondary N) is 1. The van der Waals surface area contributed by atoms with Gasteiger partial charge >= 0.3 is 5.97 Å². The summed E-state index contributed by atoms with van der Waals surface area (Å²) >= 11 is 1.61. The third kappa shape index (κ3) is 4.46. The zero-order valence-electron chi connectivity index (χ0n) is 14.0. The summed E-state index contributed by atoms with van der Waals surface area (Å²) in [6.45, 7) is 1.54. The van der Waals surface area contributed by atoms with Crippen LogP contribution in [-0.4, -0.2) is 36.6 Å². The Morgan fingerprint density at radius 1 is 1.20 bits per heavy atom. The minimum absolute atomic E-state index is 0.440. The second-order valence-electron chi connectivity index (χ2n) is 5.77. The lowest BCUT2D eigenvalue weighted by molar-refractivity contribution is -0.139. The fraction of sp³-hybridized carbons (Fsp3) is 0.316. The van der Waals surface area contributed by atoms with Crippen LogP contribution in [0, 0.1) is 0 Å². The Balaban J connectivity index is 1.73. The molecular formula is C19H21NO4S. The van der Waals surface area contributed by atoms with Crippen molar-refractivity contribution in [3.8, 4) is 11.5 Å². The van der Waals surface area contributed by atoms with Crippen molar-refractivity contribution in [1.82, 2.24) is 5.32 Å². The lowest BCUT2D eigenvalue weighted by Gasteiger charge is -2.21. The predicted molar refractivity (Wildman–Crippen MR) is 97.6 cm³/mol. The number of carbonyl (C=O) groups is 1. The highest BCUT2D eigenvalue weighted by Crippen LogP contribution is 2.36. The Morgan fingerprint density at radius 3 is 2.52 bits per heavy atom. The molecule has 3 rings (SSSR count). The van der Waals surface area contributed by atoms with Crippen LogP contribution >= 0.6 is 11.8 Å². The van der Waals surface area contributed by atoms with Gasteiger partial charge in [-0.1, -0.05) is 30.3 Å². The van der Waals surface area contributed by atoms with Gasteiger partial charge < -0.3 is 14.6 Å². The minimum atomic E-state index is -0.855. The van der Waals surface area contributed by atoms with E-state index in [9.17, 15) is 9.90 Å². The Bertz CT molecular complexity index is 736. The Hall–Kier alpha value is -2.18. The molecule has 0 saturated carbocycles. The van der Waals surface area contributed by atoms with E-state index in [1.54, 1.807) is 11.8 Å². The molecule has 0 spiro atoms. The number of ether oxygens (including phenoxy) is 2.